The molecule has 0 unspecified atom stereocenters. The Morgan fingerprint density at radius 1 is 1.29 bits per heavy atom. The largest absolute Gasteiger partial charge is 0.496 e. The van der Waals surface area contributed by atoms with E-state index in [1.807, 2.05) is 31.2 Å². The Hall–Kier alpha value is -2.56. The molecule has 0 atom stereocenters. The summed E-state index contributed by atoms with van der Waals surface area (Å²) in [6, 6.07) is 9.32. The van der Waals surface area contributed by atoms with Gasteiger partial charge in [-0.3, -0.25) is 9.78 Å². The summed E-state index contributed by atoms with van der Waals surface area (Å²) in [6.45, 7) is 3.12. The maximum Gasteiger partial charge on any atom is 0.253 e. The van der Waals surface area contributed by atoms with Crippen molar-refractivity contribution in [1.29, 1.82) is 0 Å². The zero-order valence-electron chi connectivity index (χ0n) is 12.2. The molecule has 5 nitrogen and oxygen atoms in total. The van der Waals surface area contributed by atoms with Crippen LogP contribution in [0.3, 0.4) is 0 Å². The predicted octanol–water partition coefficient (Wildman–Crippen LogP) is 2.45. The van der Waals surface area contributed by atoms with Crippen molar-refractivity contribution in [2.24, 2.45) is 0 Å². The zero-order valence-corrected chi connectivity index (χ0v) is 12.2. The van der Waals surface area contributed by atoms with Crippen LogP contribution in [0.5, 0.6) is 5.75 Å². The summed E-state index contributed by atoms with van der Waals surface area (Å²) < 4.78 is 5.27. The second-order valence-corrected chi connectivity index (χ2v) is 4.45. The highest BCUT2D eigenvalue weighted by Crippen LogP contribution is 2.18. The fraction of sp³-hybridized carbons (Fsp3) is 0.250. The van der Waals surface area contributed by atoms with Gasteiger partial charge in [-0.2, -0.15) is 0 Å². The summed E-state index contributed by atoms with van der Waals surface area (Å²) in [5.74, 6) is 0.624. The summed E-state index contributed by atoms with van der Waals surface area (Å²) in [5, 5.41) is 6.03. The molecule has 1 amide bonds. The van der Waals surface area contributed by atoms with Crippen molar-refractivity contribution < 1.29 is 9.53 Å². The van der Waals surface area contributed by atoms with Gasteiger partial charge in [0.2, 0.25) is 0 Å². The number of rotatable bonds is 6. The standard InChI is InChI=1S/C16H19N3O2/c1-3-18-14-11-17-9-8-13(14)16(20)19-10-12-6-4-5-7-15(12)21-2/h4-9,11,18H,3,10H2,1-2H3,(H,19,20). The molecule has 110 valence electrons. The fourth-order valence-corrected chi connectivity index (χ4v) is 2.04. The van der Waals surface area contributed by atoms with Gasteiger partial charge >= 0.3 is 0 Å². The molecule has 2 N–H and O–H groups in total. The van der Waals surface area contributed by atoms with Crippen LogP contribution in [0.25, 0.3) is 0 Å². The molecule has 21 heavy (non-hydrogen) atoms. The first-order valence-electron chi connectivity index (χ1n) is 6.84. The fourth-order valence-electron chi connectivity index (χ4n) is 2.04. The van der Waals surface area contributed by atoms with E-state index in [-0.39, 0.29) is 5.91 Å². The van der Waals surface area contributed by atoms with Gasteiger partial charge in [0, 0.05) is 24.8 Å². The molecule has 2 aromatic rings. The van der Waals surface area contributed by atoms with Crippen LogP contribution >= 0.6 is 0 Å². The van der Waals surface area contributed by atoms with Gasteiger partial charge in [0.15, 0.2) is 0 Å². The Balaban J connectivity index is 2.08. The van der Waals surface area contributed by atoms with Crippen LogP contribution in [-0.2, 0) is 6.54 Å². The molecule has 1 heterocycles. The molecule has 0 saturated carbocycles. The number of amides is 1. The van der Waals surface area contributed by atoms with E-state index >= 15 is 0 Å². The summed E-state index contributed by atoms with van der Waals surface area (Å²) in [7, 11) is 1.62. The summed E-state index contributed by atoms with van der Waals surface area (Å²) in [4.78, 5) is 16.3. The number of pyridine rings is 1. The first-order valence-corrected chi connectivity index (χ1v) is 6.84. The molecular formula is C16H19N3O2. The Morgan fingerprint density at radius 2 is 2.10 bits per heavy atom. The van der Waals surface area contributed by atoms with Gasteiger partial charge < -0.3 is 15.4 Å². The minimum absolute atomic E-state index is 0.140. The van der Waals surface area contributed by atoms with Crippen molar-refractivity contribution in [3.05, 3.63) is 53.9 Å². The molecule has 0 saturated heterocycles. The Kier molecular flexibility index (Phi) is 5.15. The van der Waals surface area contributed by atoms with E-state index in [0.717, 1.165) is 23.5 Å². The number of carbonyl (C=O) groups is 1. The van der Waals surface area contributed by atoms with Gasteiger partial charge in [0.25, 0.3) is 5.91 Å². The molecule has 0 aliphatic rings. The molecule has 0 radical (unpaired) electrons. The van der Waals surface area contributed by atoms with Crippen LogP contribution < -0.4 is 15.4 Å². The lowest BCUT2D eigenvalue weighted by molar-refractivity contribution is 0.0951. The van der Waals surface area contributed by atoms with E-state index in [1.54, 1.807) is 25.6 Å². The zero-order chi connectivity index (χ0) is 15.1. The first kappa shape index (κ1) is 14.8. The second kappa shape index (κ2) is 7.28. The third kappa shape index (κ3) is 3.72. The summed E-state index contributed by atoms with van der Waals surface area (Å²) >= 11 is 0. The summed E-state index contributed by atoms with van der Waals surface area (Å²) in [6.07, 6.45) is 3.26. The number of aromatic nitrogens is 1. The molecule has 0 spiro atoms. The monoisotopic (exact) mass is 285 g/mol. The third-order valence-corrected chi connectivity index (χ3v) is 3.06. The van der Waals surface area contributed by atoms with Crippen molar-refractivity contribution in [3.63, 3.8) is 0 Å². The van der Waals surface area contributed by atoms with Gasteiger partial charge in [0.1, 0.15) is 5.75 Å². The molecule has 0 bridgehead atoms. The van der Waals surface area contributed by atoms with Crippen molar-refractivity contribution in [2.75, 3.05) is 19.0 Å². The van der Waals surface area contributed by atoms with Crippen LogP contribution in [0.1, 0.15) is 22.8 Å². The van der Waals surface area contributed by atoms with E-state index in [9.17, 15) is 4.79 Å². The summed E-state index contributed by atoms with van der Waals surface area (Å²) in [5.41, 5.74) is 2.26. The van der Waals surface area contributed by atoms with Crippen molar-refractivity contribution in [3.8, 4) is 5.75 Å². The number of carbonyl (C=O) groups excluding carboxylic acids is 1. The van der Waals surface area contributed by atoms with Gasteiger partial charge in [0.05, 0.1) is 24.6 Å². The number of ether oxygens (including phenoxy) is 1. The number of anilines is 1. The minimum Gasteiger partial charge on any atom is -0.496 e. The maximum absolute atomic E-state index is 12.3. The highest BCUT2D eigenvalue weighted by molar-refractivity contribution is 5.99. The van der Waals surface area contributed by atoms with Crippen LogP contribution in [0.2, 0.25) is 0 Å². The highest BCUT2D eigenvalue weighted by Gasteiger charge is 2.11. The normalized spacial score (nSPS) is 10.0. The molecule has 0 aliphatic carbocycles. The number of hydrogen-bond acceptors (Lipinski definition) is 4. The van der Waals surface area contributed by atoms with Gasteiger partial charge in [-0.1, -0.05) is 18.2 Å². The number of para-hydroxylation sites is 1. The van der Waals surface area contributed by atoms with Crippen molar-refractivity contribution >= 4 is 11.6 Å². The molecule has 0 fully saturated rings. The number of nitrogens with one attached hydrogen (secondary N) is 2. The van der Waals surface area contributed by atoms with E-state index in [2.05, 4.69) is 15.6 Å². The minimum atomic E-state index is -0.140. The van der Waals surface area contributed by atoms with Crippen LogP contribution in [-0.4, -0.2) is 24.5 Å². The van der Waals surface area contributed by atoms with E-state index < -0.39 is 0 Å². The van der Waals surface area contributed by atoms with Crippen LogP contribution in [0.4, 0.5) is 5.69 Å². The van der Waals surface area contributed by atoms with Crippen LogP contribution in [0, 0.1) is 0 Å². The molecule has 1 aromatic heterocycles. The first-order chi connectivity index (χ1) is 10.3. The number of hydrogen-bond donors (Lipinski definition) is 2. The average Bonchev–Trinajstić information content (AvgIpc) is 2.53. The highest BCUT2D eigenvalue weighted by atomic mass is 16.5. The molecular weight excluding hydrogens is 266 g/mol. The maximum atomic E-state index is 12.3. The van der Waals surface area contributed by atoms with Crippen molar-refractivity contribution in [2.45, 2.75) is 13.5 Å². The third-order valence-electron chi connectivity index (χ3n) is 3.06. The van der Waals surface area contributed by atoms with Gasteiger partial charge in [-0.25, -0.2) is 0 Å². The van der Waals surface area contributed by atoms with Gasteiger partial charge in [-0.15, -0.1) is 0 Å². The number of nitrogens with zero attached hydrogens (tertiary/aromatic N) is 1. The van der Waals surface area contributed by atoms with E-state index in [4.69, 9.17) is 4.74 Å². The molecule has 2 rings (SSSR count). The lowest BCUT2D eigenvalue weighted by atomic mass is 10.1. The van der Waals surface area contributed by atoms with Gasteiger partial charge in [-0.05, 0) is 19.1 Å². The average molecular weight is 285 g/mol. The molecule has 0 aliphatic heterocycles. The Bertz CT molecular complexity index is 614. The quantitative estimate of drug-likeness (QED) is 0.855. The molecule has 1 aromatic carbocycles. The smallest absolute Gasteiger partial charge is 0.253 e. The second-order valence-electron chi connectivity index (χ2n) is 4.45. The van der Waals surface area contributed by atoms with E-state index in [1.165, 1.54) is 0 Å². The number of methoxy groups -OCH3 is 1. The Labute approximate surface area is 124 Å². The topological polar surface area (TPSA) is 63.2 Å². The lowest BCUT2D eigenvalue weighted by Crippen LogP contribution is -2.24. The molecule has 5 heteroatoms. The Morgan fingerprint density at radius 3 is 2.86 bits per heavy atom. The lowest BCUT2D eigenvalue weighted by Gasteiger charge is -2.12. The predicted molar refractivity (Wildman–Crippen MR) is 82.6 cm³/mol. The SMILES string of the molecule is CCNc1cnccc1C(=O)NCc1ccccc1OC. The van der Waals surface area contributed by atoms with E-state index in [0.29, 0.717) is 12.1 Å². The number of benzene rings is 1. The van der Waals surface area contributed by atoms with Crippen molar-refractivity contribution in [1.82, 2.24) is 10.3 Å². The van der Waals surface area contributed by atoms with Crippen LogP contribution in [0.15, 0.2) is 42.7 Å².